The van der Waals surface area contributed by atoms with Gasteiger partial charge in [-0.2, -0.15) is 0 Å². The predicted molar refractivity (Wildman–Crippen MR) is 113 cm³/mol. The van der Waals surface area contributed by atoms with Crippen molar-refractivity contribution >= 4 is 21.5 Å². The van der Waals surface area contributed by atoms with Crippen molar-refractivity contribution in [3.05, 3.63) is 94.8 Å². The molecule has 3 aromatic rings. The van der Waals surface area contributed by atoms with Crippen LogP contribution in [-0.2, 0) is 21.9 Å². The molecule has 30 heavy (non-hydrogen) atoms. The maximum atomic E-state index is 14.6. The Balaban J connectivity index is 1.72. The fourth-order valence-corrected chi connectivity index (χ4v) is 6.67. The van der Waals surface area contributed by atoms with E-state index in [1.807, 2.05) is 6.92 Å². The monoisotopic (exact) mass is 421 g/mol. The fourth-order valence-electron chi connectivity index (χ4n) is 4.94. The summed E-state index contributed by atoms with van der Waals surface area (Å²) < 4.78 is 43.2. The normalized spacial score (nSPS) is 22.4. The van der Waals surface area contributed by atoms with Crippen molar-refractivity contribution in [3.8, 4) is 0 Å². The van der Waals surface area contributed by atoms with Crippen LogP contribution >= 0.6 is 0 Å². The number of nitrogens with zero attached hydrogens (tertiary/aromatic N) is 1. The van der Waals surface area contributed by atoms with Crippen molar-refractivity contribution in [1.82, 2.24) is 0 Å². The van der Waals surface area contributed by atoms with Gasteiger partial charge in [0.15, 0.2) is 5.78 Å². The van der Waals surface area contributed by atoms with Gasteiger partial charge in [-0.3, -0.25) is 9.10 Å². The first-order valence-corrected chi connectivity index (χ1v) is 11.3. The van der Waals surface area contributed by atoms with E-state index >= 15 is 0 Å². The number of para-hydroxylation sites is 1. The van der Waals surface area contributed by atoms with Gasteiger partial charge in [-0.1, -0.05) is 48.0 Å². The van der Waals surface area contributed by atoms with E-state index in [1.165, 1.54) is 16.4 Å². The smallest absolute Gasteiger partial charge is 0.264 e. The lowest BCUT2D eigenvalue weighted by Gasteiger charge is -2.32. The summed E-state index contributed by atoms with van der Waals surface area (Å²) in [5.74, 6) is -0.652. The molecule has 0 fully saturated rings. The largest absolute Gasteiger partial charge is 0.293 e. The lowest BCUT2D eigenvalue weighted by atomic mass is 9.74. The first-order valence-electron chi connectivity index (χ1n) is 9.81. The van der Waals surface area contributed by atoms with Crippen molar-refractivity contribution in [2.24, 2.45) is 0 Å². The van der Waals surface area contributed by atoms with E-state index in [9.17, 15) is 17.6 Å². The minimum Gasteiger partial charge on any atom is -0.293 e. The average molecular weight is 421 g/mol. The van der Waals surface area contributed by atoms with E-state index in [2.05, 4.69) is 0 Å². The fraction of sp³-hybridized carbons (Fsp3) is 0.208. The van der Waals surface area contributed by atoms with Crippen molar-refractivity contribution in [2.75, 3.05) is 4.31 Å². The maximum Gasteiger partial charge on any atom is 0.264 e. The molecular formula is C24H20FNO3S. The SMILES string of the molecule is Cc1ccc(S(=O)(=O)N2c3ccccc3[C@@]3(Cc4c(F)cccc4C3=O)[C@@H]2C)cc1. The van der Waals surface area contributed by atoms with Gasteiger partial charge in [-0.15, -0.1) is 0 Å². The van der Waals surface area contributed by atoms with Gasteiger partial charge in [0.25, 0.3) is 10.0 Å². The van der Waals surface area contributed by atoms with Crippen LogP contribution in [0.15, 0.2) is 71.6 Å². The van der Waals surface area contributed by atoms with Crippen LogP contribution in [0.2, 0.25) is 0 Å². The second-order valence-electron chi connectivity index (χ2n) is 8.05. The van der Waals surface area contributed by atoms with E-state index < -0.39 is 27.3 Å². The number of halogens is 1. The molecule has 4 nitrogen and oxygen atoms in total. The molecule has 1 aliphatic heterocycles. The Morgan fingerprint density at radius 3 is 2.40 bits per heavy atom. The van der Waals surface area contributed by atoms with Gasteiger partial charge < -0.3 is 0 Å². The van der Waals surface area contributed by atoms with Gasteiger partial charge in [0, 0.05) is 11.1 Å². The topological polar surface area (TPSA) is 54.5 Å². The van der Waals surface area contributed by atoms with Gasteiger partial charge in [0.05, 0.1) is 22.0 Å². The molecule has 0 unspecified atom stereocenters. The molecule has 2 atom stereocenters. The number of aryl methyl sites for hydroxylation is 1. The molecular weight excluding hydrogens is 401 g/mol. The van der Waals surface area contributed by atoms with Crippen LogP contribution in [0.5, 0.6) is 0 Å². The van der Waals surface area contributed by atoms with Gasteiger partial charge in [0.2, 0.25) is 0 Å². The van der Waals surface area contributed by atoms with Crippen molar-refractivity contribution in [1.29, 1.82) is 0 Å². The predicted octanol–water partition coefficient (Wildman–Crippen LogP) is 4.41. The Labute approximate surface area is 175 Å². The molecule has 0 radical (unpaired) electrons. The summed E-state index contributed by atoms with van der Waals surface area (Å²) in [6.45, 7) is 3.63. The Bertz CT molecular complexity index is 1300. The maximum absolute atomic E-state index is 14.6. The minimum atomic E-state index is -3.92. The number of Topliss-reactive ketones (excluding diaryl/α,β-unsaturated/α-hetero) is 1. The number of benzene rings is 3. The Morgan fingerprint density at radius 2 is 1.70 bits per heavy atom. The summed E-state index contributed by atoms with van der Waals surface area (Å²) in [6, 6.07) is 17.5. The zero-order valence-electron chi connectivity index (χ0n) is 16.6. The summed E-state index contributed by atoms with van der Waals surface area (Å²) in [5.41, 5.74) is 1.63. The molecule has 1 heterocycles. The third-order valence-corrected chi connectivity index (χ3v) is 8.39. The quantitative estimate of drug-likeness (QED) is 0.616. The Hall–Kier alpha value is -2.99. The number of sulfonamides is 1. The van der Waals surface area contributed by atoms with E-state index in [4.69, 9.17) is 0 Å². The zero-order chi connectivity index (χ0) is 21.3. The number of carbonyl (C=O) groups is 1. The number of anilines is 1. The van der Waals surface area contributed by atoms with Crippen LogP contribution < -0.4 is 4.31 Å². The van der Waals surface area contributed by atoms with Gasteiger partial charge >= 0.3 is 0 Å². The molecule has 6 heteroatoms. The van der Waals surface area contributed by atoms with Gasteiger partial charge in [0.1, 0.15) is 5.82 Å². The average Bonchev–Trinajstić information content (AvgIpc) is 3.17. The van der Waals surface area contributed by atoms with Crippen LogP contribution in [0.25, 0.3) is 0 Å². The minimum absolute atomic E-state index is 0.145. The lowest BCUT2D eigenvalue weighted by molar-refractivity contribution is 0.0894. The molecule has 0 saturated carbocycles. The molecule has 152 valence electrons. The summed E-state index contributed by atoms with van der Waals surface area (Å²) in [7, 11) is -3.92. The molecule has 3 aromatic carbocycles. The second-order valence-corrected chi connectivity index (χ2v) is 9.87. The summed E-state index contributed by atoms with van der Waals surface area (Å²) in [6.07, 6.45) is 0.145. The highest BCUT2D eigenvalue weighted by Crippen LogP contribution is 2.54. The summed E-state index contributed by atoms with van der Waals surface area (Å²) in [5, 5.41) is 0. The van der Waals surface area contributed by atoms with Crippen LogP contribution in [0.4, 0.5) is 10.1 Å². The van der Waals surface area contributed by atoms with Crippen LogP contribution in [-0.4, -0.2) is 20.2 Å². The highest BCUT2D eigenvalue weighted by molar-refractivity contribution is 7.92. The molecule has 0 amide bonds. The van der Waals surface area contributed by atoms with E-state index in [-0.39, 0.29) is 17.1 Å². The Morgan fingerprint density at radius 1 is 1.00 bits per heavy atom. The van der Waals surface area contributed by atoms with E-state index in [0.717, 1.165) is 5.56 Å². The first-order chi connectivity index (χ1) is 14.3. The van der Waals surface area contributed by atoms with Gasteiger partial charge in [-0.05, 0) is 50.1 Å². The van der Waals surface area contributed by atoms with Gasteiger partial charge in [-0.25, -0.2) is 12.8 Å². The molecule has 1 spiro atoms. The van der Waals surface area contributed by atoms with Crippen molar-refractivity contribution in [3.63, 3.8) is 0 Å². The molecule has 0 N–H and O–H groups in total. The highest BCUT2D eigenvalue weighted by atomic mass is 32.2. The lowest BCUT2D eigenvalue weighted by Crippen LogP contribution is -2.48. The molecule has 0 saturated heterocycles. The number of hydrogen-bond acceptors (Lipinski definition) is 3. The van der Waals surface area contributed by atoms with Crippen LogP contribution in [0.3, 0.4) is 0 Å². The summed E-state index contributed by atoms with van der Waals surface area (Å²) >= 11 is 0. The van der Waals surface area contributed by atoms with Crippen LogP contribution in [0, 0.1) is 12.7 Å². The molecule has 1 aliphatic carbocycles. The second kappa shape index (κ2) is 6.25. The highest BCUT2D eigenvalue weighted by Gasteiger charge is 2.60. The zero-order valence-corrected chi connectivity index (χ0v) is 17.4. The molecule has 2 aliphatic rings. The molecule has 0 bridgehead atoms. The van der Waals surface area contributed by atoms with E-state index in [0.29, 0.717) is 22.4 Å². The van der Waals surface area contributed by atoms with Crippen molar-refractivity contribution in [2.45, 2.75) is 36.6 Å². The Kier molecular flexibility index (Phi) is 3.96. The first kappa shape index (κ1) is 19.0. The third kappa shape index (κ3) is 2.31. The van der Waals surface area contributed by atoms with E-state index in [1.54, 1.807) is 61.5 Å². The molecule has 0 aromatic heterocycles. The third-order valence-electron chi connectivity index (χ3n) is 6.49. The number of rotatable bonds is 2. The number of carbonyl (C=O) groups excluding carboxylic acids is 1. The number of ketones is 1. The van der Waals surface area contributed by atoms with Crippen LogP contribution in [0.1, 0.15) is 34.0 Å². The van der Waals surface area contributed by atoms with Crippen molar-refractivity contribution < 1.29 is 17.6 Å². The molecule has 5 rings (SSSR count). The number of fused-ring (bicyclic) bond motifs is 3. The number of hydrogen-bond donors (Lipinski definition) is 0. The standard InChI is InChI=1S/C24H20FNO3S/c1-15-10-12-17(13-11-15)30(28,29)26-16(2)24(20-7-3-4-9-22(20)26)14-19-18(23(24)27)6-5-8-21(19)25/h3-13,16H,14H2,1-2H3/t16-,24+/m0/s1. The summed E-state index contributed by atoms with van der Waals surface area (Å²) in [4.78, 5) is 13.8.